The predicted octanol–water partition coefficient (Wildman–Crippen LogP) is 1.67. The van der Waals surface area contributed by atoms with Crippen molar-refractivity contribution >= 4 is 23.4 Å². The normalized spacial score (nSPS) is 18.8. The summed E-state index contributed by atoms with van der Waals surface area (Å²) < 4.78 is 0. The van der Waals surface area contributed by atoms with Gasteiger partial charge in [0.15, 0.2) is 0 Å². The Hall–Kier alpha value is -1.55. The van der Waals surface area contributed by atoms with Crippen LogP contribution in [0.3, 0.4) is 0 Å². The summed E-state index contributed by atoms with van der Waals surface area (Å²) in [7, 11) is 0. The number of aryl methyl sites for hydroxylation is 1. The maximum Gasteiger partial charge on any atom is 0.220 e. The Bertz CT molecular complexity index is 466. The van der Waals surface area contributed by atoms with Crippen LogP contribution in [-0.2, 0) is 16.0 Å². The van der Waals surface area contributed by atoms with Gasteiger partial charge in [-0.2, -0.15) is 0 Å². The minimum absolute atomic E-state index is 0.000990. The van der Waals surface area contributed by atoms with E-state index >= 15 is 0 Å². The molecule has 1 aliphatic heterocycles. The summed E-state index contributed by atoms with van der Waals surface area (Å²) in [5.41, 5.74) is 0.983. The molecule has 1 atom stereocenters. The van der Waals surface area contributed by atoms with E-state index in [9.17, 15) is 9.59 Å². The van der Waals surface area contributed by atoms with Crippen molar-refractivity contribution in [1.82, 2.24) is 10.6 Å². The van der Waals surface area contributed by atoms with E-state index in [0.29, 0.717) is 37.3 Å². The van der Waals surface area contributed by atoms with E-state index in [4.69, 9.17) is 11.6 Å². The summed E-state index contributed by atoms with van der Waals surface area (Å²) >= 11 is 6.04. The summed E-state index contributed by atoms with van der Waals surface area (Å²) in [6.07, 6.45) is 2.23. The molecule has 0 saturated carbocycles. The highest BCUT2D eigenvalue weighted by molar-refractivity contribution is 6.31. The highest BCUT2D eigenvalue weighted by Crippen LogP contribution is 2.16. The second kappa shape index (κ2) is 6.57. The molecule has 5 heteroatoms. The maximum absolute atomic E-state index is 11.8. The number of hydrogen-bond donors (Lipinski definition) is 2. The molecule has 1 unspecified atom stereocenters. The average molecular weight is 281 g/mol. The van der Waals surface area contributed by atoms with Crippen LogP contribution in [0.5, 0.6) is 0 Å². The molecule has 1 aliphatic rings. The van der Waals surface area contributed by atoms with Crippen molar-refractivity contribution < 1.29 is 9.59 Å². The number of benzene rings is 1. The molecule has 4 nitrogen and oxygen atoms in total. The lowest BCUT2D eigenvalue weighted by Crippen LogP contribution is -2.47. The van der Waals surface area contributed by atoms with Gasteiger partial charge in [0, 0.05) is 30.5 Å². The molecule has 2 amide bonds. The second-order valence-electron chi connectivity index (χ2n) is 4.70. The van der Waals surface area contributed by atoms with E-state index in [1.54, 1.807) is 0 Å². The van der Waals surface area contributed by atoms with E-state index in [0.717, 1.165) is 5.56 Å². The fraction of sp³-hybridized carbons (Fsp3) is 0.429. The Kier molecular flexibility index (Phi) is 4.80. The molecule has 0 aromatic heterocycles. The van der Waals surface area contributed by atoms with Crippen molar-refractivity contribution in [2.45, 2.75) is 31.7 Å². The van der Waals surface area contributed by atoms with Gasteiger partial charge < -0.3 is 10.6 Å². The van der Waals surface area contributed by atoms with Crippen molar-refractivity contribution in [3.8, 4) is 0 Å². The third kappa shape index (κ3) is 4.24. The van der Waals surface area contributed by atoms with E-state index in [1.807, 2.05) is 24.3 Å². The molecule has 1 aromatic rings. The number of rotatable bonds is 4. The maximum atomic E-state index is 11.8. The topological polar surface area (TPSA) is 58.2 Å². The highest BCUT2D eigenvalue weighted by atomic mass is 35.5. The van der Waals surface area contributed by atoms with Crippen LogP contribution in [0.2, 0.25) is 5.02 Å². The first-order chi connectivity index (χ1) is 9.15. The van der Waals surface area contributed by atoms with Crippen LogP contribution in [0.1, 0.15) is 24.8 Å². The summed E-state index contributed by atoms with van der Waals surface area (Å²) in [4.78, 5) is 22.8. The van der Waals surface area contributed by atoms with Crippen molar-refractivity contribution in [1.29, 1.82) is 0 Å². The molecular formula is C14H17ClN2O2. The number of halogens is 1. The smallest absolute Gasteiger partial charge is 0.220 e. The van der Waals surface area contributed by atoms with Crippen LogP contribution in [0.25, 0.3) is 0 Å². The zero-order valence-electron chi connectivity index (χ0n) is 10.6. The molecule has 2 N–H and O–H groups in total. The van der Waals surface area contributed by atoms with Crippen LogP contribution in [0, 0.1) is 0 Å². The zero-order chi connectivity index (χ0) is 13.7. The molecule has 102 valence electrons. The van der Waals surface area contributed by atoms with E-state index in [2.05, 4.69) is 10.6 Å². The van der Waals surface area contributed by atoms with E-state index in [-0.39, 0.29) is 17.9 Å². The van der Waals surface area contributed by atoms with Crippen molar-refractivity contribution in [3.63, 3.8) is 0 Å². The SMILES string of the molecule is O=C1CCC(NC(=O)CCc2ccccc2Cl)CN1. The number of hydrogen-bond acceptors (Lipinski definition) is 2. The summed E-state index contributed by atoms with van der Waals surface area (Å²) in [6, 6.07) is 7.59. The van der Waals surface area contributed by atoms with Gasteiger partial charge in [0.1, 0.15) is 0 Å². The van der Waals surface area contributed by atoms with E-state index < -0.39 is 0 Å². The molecule has 0 radical (unpaired) electrons. The van der Waals surface area contributed by atoms with Crippen LogP contribution >= 0.6 is 11.6 Å². The minimum Gasteiger partial charge on any atom is -0.354 e. The van der Waals surface area contributed by atoms with Gasteiger partial charge in [0.05, 0.1) is 0 Å². The molecule has 1 aromatic carbocycles. The average Bonchev–Trinajstić information content (AvgIpc) is 2.40. The van der Waals surface area contributed by atoms with Gasteiger partial charge in [-0.05, 0) is 24.5 Å². The van der Waals surface area contributed by atoms with Crippen LogP contribution in [-0.4, -0.2) is 24.4 Å². The van der Waals surface area contributed by atoms with Gasteiger partial charge in [0.25, 0.3) is 0 Å². The number of nitrogens with one attached hydrogen (secondary N) is 2. The fourth-order valence-corrected chi connectivity index (χ4v) is 2.34. The number of piperidine rings is 1. The zero-order valence-corrected chi connectivity index (χ0v) is 11.4. The lowest BCUT2D eigenvalue weighted by Gasteiger charge is -2.23. The van der Waals surface area contributed by atoms with Gasteiger partial charge in [0.2, 0.25) is 11.8 Å². The van der Waals surface area contributed by atoms with Crippen LogP contribution < -0.4 is 10.6 Å². The van der Waals surface area contributed by atoms with Crippen LogP contribution in [0.4, 0.5) is 0 Å². The lowest BCUT2D eigenvalue weighted by molar-refractivity contribution is -0.125. The monoisotopic (exact) mass is 280 g/mol. The quantitative estimate of drug-likeness (QED) is 0.881. The van der Waals surface area contributed by atoms with Gasteiger partial charge in [-0.25, -0.2) is 0 Å². The number of carbonyl (C=O) groups excluding carboxylic acids is 2. The fourth-order valence-electron chi connectivity index (χ4n) is 2.11. The molecule has 2 rings (SSSR count). The van der Waals surface area contributed by atoms with E-state index in [1.165, 1.54) is 0 Å². The number of amides is 2. The minimum atomic E-state index is 0.000990. The van der Waals surface area contributed by atoms with Gasteiger partial charge in [-0.15, -0.1) is 0 Å². The first kappa shape index (κ1) is 13.9. The molecule has 0 spiro atoms. The van der Waals surface area contributed by atoms with Gasteiger partial charge in [-0.1, -0.05) is 29.8 Å². The number of carbonyl (C=O) groups is 2. The molecule has 1 fully saturated rings. The summed E-state index contributed by atoms with van der Waals surface area (Å²) in [5, 5.41) is 6.37. The first-order valence-corrected chi connectivity index (χ1v) is 6.82. The molecule has 1 heterocycles. The molecular weight excluding hydrogens is 264 g/mol. The summed E-state index contributed by atoms with van der Waals surface area (Å²) in [5.74, 6) is 0.0580. The summed E-state index contributed by atoms with van der Waals surface area (Å²) in [6.45, 7) is 0.524. The molecule has 0 bridgehead atoms. The lowest BCUT2D eigenvalue weighted by atomic mass is 10.1. The molecule has 1 saturated heterocycles. The van der Waals surface area contributed by atoms with Gasteiger partial charge >= 0.3 is 0 Å². The van der Waals surface area contributed by atoms with Crippen molar-refractivity contribution in [2.75, 3.05) is 6.54 Å². The van der Waals surface area contributed by atoms with Crippen LogP contribution in [0.15, 0.2) is 24.3 Å². The molecule has 0 aliphatic carbocycles. The van der Waals surface area contributed by atoms with Crippen molar-refractivity contribution in [3.05, 3.63) is 34.9 Å². The Labute approximate surface area is 117 Å². The van der Waals surface area contributed by atoms with Gasteiger partial charge in [-0.3, -0.25) is 9.59 Å². The predicted molar refractivity (Wildman–Crippen MR) is 73.9 cm³/mol. The van der Waals surface area contributed by atoms with Crippen molar-refractivity contribution in [2.24, 2.45) is 0 Å². The third-order valence-electron chi connectivity index (χ3n) is 3.21. The Morgan fingerprint density at radius 1 is 1.42 bits per heavy atom. The second-order valence-corrected chi connectivity index (χ2v) is 5.11. The standard InChI is InChI=1S/C14H17ClN2O2/c15-12-4-2-1-3-10(12)5-7-14(19)17-11-6-8-13(18)16-9-11/h1-4,11H,5-9H2,(H,16,18)(H,17,19). The molecule has 19 heavy (non-hydrogen) atoms. The Morgan fingerprint density at radius 2 is 2.21 bits per heavy atom. The Balaban J connectivity index is 1.76. The third-order valence-corrected chi connectivity index (χ3v) is 3.58. The highest BCUT2D eigenvalue weighted by Gasteiger charge is 2.19. The largest absolute Gasteiger partial charge is 0.354 e. The Morgan fingerprint density at radius 3 is 2.89 bits per heavy atom. The first-order valence-electron chi connectivity index (χ1n) is 6.44.